The molecule has 0 saturated carbocycles. The number of hydrogen-bond donors (Lipinski definition) is 0. The first-order valence-electron chi connectivity index (χ1n) is 6.29. The number of piperidine rings is 1. The second kappa shape index (κ2) is 5.93. The van der Waals surface area contributed by atoms with Gasteiger partial charge in [-0.05, 0) is 24.6 Å². The Morgan fingerprint density at radius 3 is 2.53 bits per heavy atom. The molecule has 1 amide bonds. The number of likely N-dealkylation sites (tertiary alicyclic amines) is 1. The Kier molecular flexibility index (Phi) is 4.48. The Balaban J connectivity index is 2.17. The second-order valence-electron chi connectivity index (χ2n) is 4.73. The van der Waals surface area contributed by atoms with Crippen molar-refractivity contribution in [1.29, 1.82) is 0 Å². The zero-order valence-corrected chi connectivity index (χ0v) is 12.2. The van der Waals surface area contributed by atoms with Crippen LogP contribution >= 0.6 is 23.2 Å². The van der Waals surface area contributed by atoms with Gasteiger partial charge in [-0.25, -0.2) is 0 Å². The average Bonchev–Trinajstić information content (AvgIpc) is 2.37. The predicted molar refractivity (Wildman–Crippen MR) is 75.8 cm³/mol. The molecule has 1 fully saturated rings. The largest absolute Gasteiger partial charge is 0.337 e. The third-order valence-electron chi connectivity index (χ3n) is 3.41. The molecule has 0 radical (unpaired) electrons. The average molecular weight is 300 g/mol. The van der Waals surface area contributed by atoms with Crippen molar-refractivity contribution in [2.45, 2.75) is 19.8 Å². The minimum Gasteiger partial charge on any atom is -0.337 e. The van der Waals surface area contributed by atoms with Gasteiger partial charge >= 0.3 is 0 Å². The topological polar surface area (TPSA) is 37.4 Å². The van der Waals surface area contributed by atoms with Gasteiger partial charge in [0.05, 0.1) is 0 Å². The molecule has 3 nitrogen and oxygen atoms in total. The summed E-state index contributed by atoms with van der Waals surface area (Å²) in [4.78, 5) is 25.7. The van der Waals surface area contributed by atoms with Crippen LogP contribution in [0.15, 0.2) is 18.2 Å². The number of hydrogen-bond acceptors (Lipinski definition) is 2. The number of benzene rings is 1. The first-order chi connectivity index (χ1) is 9.01. The molecule has 1 aliphatic heterocycles. The smallest absolute Gasteiger partial charge is 0.253 e. The Bertz CT molecular complexity index is 496. The molecule has 0 bridgehead atoms. The highest BCUT2D eigenvalue weighted by Crippen LogP contribution is 2.23. The van der Waals surface area contributed by atoms with Crippen LogP contribution in [0, 0.1) is 5.92 Å². The number of nitrogens with zero attached hydrogens (tertiary/aromatic N) is 1. The Morgan fingerprint density at radius 2 is 1.95 bits per heavy atom. The van der Waals surface area contributed by atoms with Gasteiger partial charge in [0.1, 0.15) is 5.78 Å². The number of rotatable bonds is 2. The van der Waals surface area contributed by atoms with Gasteiger partial charge in [0.25, 0.3) is 5.91 Å². The van der Waals surface area contributed by atoms with Crippen LogP contribution in [-0.2, 0) is 4.79 Å². The van der Waals surface area contributed by atoms with Crippen LogP contribution in [0.5, 0.6) is 0 Å². The standard InChI is InChI=1S/C14H15Cl2NO2/c1-2-9-8-17(4-3-13(9)18)14(19)10-5-11(15)7-12(16)6-10/h5-7,9H,2-4,8H2,1H3. The molecule has 2 rings (SSSR count). The van der Waals surface area contributed by atoms with Crippen LogP contribution in [0.3, 0.4) is 0 Å². The van der Waals surface area contributed by atoms with Gasteiger partial charge in [-0.3, -0.25) is 9.59 Å². The van der Waals surface area contributed by atoms with E-state index in [1.165, 1.54) is 0 Å². The van der Waals surface area contributed by atoms with Gasteiger partial charge < -0.3 is 4.90 Å². The summed E-state index contributed by atoms with van der Waals surface area (Å²) in [5, 5.41) is 0.881. The molecular weight excluding hydrogens is 285 g/mol. The molecule has 1 aliphatic rings. The van der Waals surface area contributed by atoms with Crippen molar-refractivity contribution in [2.24, 2.45) is 5.92 Å². The number of halogens is 2. The van der Waals surface area contributed by atoms with Crippen molar-refractivity contribution in [3.8, 4) is 0 Å². The van der Waals surface area contributed by atoms with E-state index in [4.69, 9.17) is 23.2 Å². The van der Waals surface area contributed by atoms with E-state index in [0.717, 1.165) is 6.42 Å². The van der Waals surface area contributed by atoms with E-state index in [-0.39, 0.29) is 17.6 Å². The van der Waals surface area contributed by atoms with E-state index >= 15 is 0 Å². The lowest BCUT2D eigenvalue weighted by molar-refractivity contribution is -0.125. The van der Waals surface area contributed by atoms with Crippen LogP contribution < -0.4 is 0 Å². The number of carbonyl (C=O) groups is 2. The fraction of sp³-hybridized carbons (Fsp3) is 0.429. The molecule has 1 atom stereocenters. The van der Waals surface area contributed by atoms with Crippen molar-refractivity contribution in [3.05, 3.63) is 33.8 Å². The van der Waals surface area contributed by atoms with Crippen LogP contribution in [0.4, 0.5) is 0 Å². The molecule has 1 heterocycles. The molecule has 5 heteroatoms. The van der Waals surface area contributed by atoms with E-state index in [1.54, 1.807) is 23.1 Å². The Labute approximate surface area is 122 Å². The summed E-state index contributed by atoms with van der Waals surface area (Å²) >= 11 is 11.8. The molecule has 0 aromatic heterocycles. The van der Waals surface area contributed by atoms with E-state index in [1.807, 2.05) is 6.92 Å². The molecule has 0 N–H and O–H groups in total. The van der Waals surface area contributed by atoms with Crippen LogP contribution in [0.1, 0.15) is 30.1 Å². The minimum absolute atomic E-state index is 0.0487. The first-order valence-corrected chi connectivity index (χ1v) is 7.05. The molecule has 1 saturated heterocycles. The maximum absolute atomic E-state index is 12.4. The van der Waals surface area contributed by atoms with Crippen LogP contribution in [0.25, 0.3) is 0 Å². The lowest BCUT2D eigenvalue weighted by atomic mass is 9.93. The molecule has 102 valence electrons. The number of amides is 1. The lowest BCUT2D eigenvalue weighted by Gasteiger charge is -2.31. The van der Waals surface area contributed by atoms with E-state index in [9.17, 15) is 9.59 Å². The van der Waals surface area contributed by atoms with Crippen molar-refractivity contribution in [3.63, 3.8) is 0 Å². The van der Waals surface area contributed by atoms with Crippen molar-refractivity contribution >= 4 is 34.9 Å². The third-order valence-corrected chi connectivity index (χ3v) is 3.85. The predicted octanol–water partition coefficient (Wildman–Crippen LogP) is 3.43. The van der Waals surface area contributed by atoms with Crippen molar-refractivity contribution in [2.75, 3.05) is 13.1 Å². The third kappa shape index (κ3) is 3.28. The minimum atomic E-state index is -0.115. The zero-order valence-electron chi connectivity index (χ0n) is 10.7. The van der Waals surface area contributed by atoms with Gasteiger partial charge in [-0.2, -0.15) is 0 Å². The molecule has 1 aromatic rings. The normalized spacial score (nSPS) is 19.6. The summed E-state index contributed by atoms with van der Waals surface area (Å²) in [5.41, 5.74) is 0.474. The lowest BCUT2D eigenvalue weighted by Crippen LogP contribution is -2.43. The maximum atomic E-state index is 12.4. The van der Waals surface area contributed by atoms with Gasteiger partial charge in [0, 0.05) is 41.0 Å². The van der Waals surface area contributed by atoms with E-state index in [0.29, 0.717) is 35.1 Å². The first kappa shape index (κ1) is 14.4. The highest BCUT2D eigenvalue weighted by Gasteiger charge is 2.29. The highest BCUT2D eigenvalue weighted by molar-refractivity contribution is 6.35. The zero-order chi connectivity index (χ0) is 14.0. The molecular formula is C14H15Cl2NO2. The van der Waals surface area contributed by atoms with Crippen molar-refractivity contribution < 1.29 is 9.59 Å². The summed E-state index contributed by atoms with van der Waals surface area (Å²) < 4.78 is 0. The van der Waals surface area contributed by atoms with Gasteiger partial charge in [0.15, 0.2) is 0 Å². The van der Waals surface area contributed by atoms with Gasteiger partial charge in [-0.15, -0.1) is 0 Å². The Hall–Kier alpha value is -1.06. The summed E-state index contributed by atoms with van der Waals surface area (Å²) in [6.07, 6.45) is 1.19. The molecule has 19 heavy (non-hydrogen) atoms. The van der Waals surface area contributed by atoms with Crippen LogP contribution in [-0.4, -0.2) is 29.7 Å². The summed E-state index contributed by atoms with van der Waals surface area (Å²) in [6, 6.07) is 4.80. The summed E-state index contributed by atoms with van der Waals surface area (Å²) in [7, 11) is 0. The molecule has 1 aromatic carbocycles. The molecule has 0 spiro atoms. The summed E-state index contributed by atoms with van der Waals surface area (Å²) in [5.74, 6) is 0.0818. The van der Waals surface area contributed by atoms with E-state index < -0.39 is 0 Å². The van der Waals surface area contributed by atoms with Gasteiger partial charge in [0.2, 0.25) is 0 Å². The van der Waals surface area contributed by atoms with Gasteiger partial charge in [-0.1, -0.05) is 30.1 Å². The fourth-order valence-electron chi connectivity index (χ4n) is 2.31. The number of Topliss-reactive ketones (excluding diaryl/α,β-unsaturated/α-hetero) is 1. The number of ketones is 1. The summed E-state index contributed by atoms with van der Waals surface area (Å²) in [6.45, 7) is 2.92. The SMILES string of the molecule is CCC1CN(C(=O)c2cc(Cl)cc(Cl)c2)CCC1=O. The van der Waals surface area contributed by atoms with E-state index in [2.05, 4.69) is 0 Å². The monoisotopic (exact) mass is 299 g/mol. The van der Waals surface area contributed by atoms with Crippen LogP contribution in [0.2, 0.25) is 10.0 Å². The highest BCUT2D eigenvalue weighted by atomic mass is 35.5. The molecule has 1 unspecified atom stereocenters. The number of carbonyl (C=O) groups excluding carboxylic acids is 2. The molecule has 0 aliphatic carbocycles. The maximum Gasteiger partial charge on any atom is 0.253 e. The quantitative estimate of drug-likeness (QED) is 0.839. The van der Waals surface area contributed by atoms with Crippen molar-refractivity contribution in [1.82, 2.24) is 4.90 Å². The Morgan fingerprint density at radius 1 is 1.32 bits per heavy atom. The second-order valence-corrected chi connectivity index (χ2v) is 5.60. The fourth-order valence-corrected chi connectivity index (χ4v) is 2.84.